The maximum absolute atomic E-state index is 12.0. The second-order valence-corrected chi connectivity index (χ2v) is 5.44. The van der Waals surface area contributed by atoms with Crippen LogP contribution < -0.4 is 5.32 Å². The zero-order valence-corrected chi connectivity index (χ0v) is 13.5. The summed E-state index contributed by atoms with van der Waals surface area (Å²) < 4.78 is 1.60. The molecule has 0 aliphatic heterocycles. The van der Waals surface area contributed by atoms with E-state index in [0.717, 1.165) is 11.1 Å². The van der Waals surface area contributed by atoms with Crippen molar-refractivity contribution in [3.05, 3.63) is 65.7 Å². The van der Waals surface area contributed by atoms with Crippen LogP contribution in [0.3, 0.4) is 0 Å². The first-order valence-electron chi connectivity index (χ1n) is 7.50. The first-order chi connectivity index (χ1) is 11.6. The molecule has 6 nitrogen and oxygen atoms in total. The summed E-state index contributed by atoms with van der Waals surface area (Å²) in [7, 11) is 1.78. The number of benzene rings is 2. The Morgan fingerprint density at radius 2 is 1.79 bits per heavy atom. The van der Waals surface area contributed by atoms with Crippen molar-refractivity contribution >= 4 is 17.7 Å². The molecule has 2 aromatic carbocycles. The van der Waals surface area contributed by atoms with Crippen molar-refractivity contribution < 1.29 is 4.79 Å². The van der Waals surface area contributed by atoms with Gasteiger partial charge in [0.1, 0.15) is 0 Å². The van der Waals surface area contributed by atoms with Crippen molar-refractivity contribution in [3.63, 3.8) is 0 Å². The third-order valence-corrected chi connectivity index (χ3v) is 3.54. The van der Waals surface area contributed by atoms with Gasteiger partial charge in [0.15, 0.2) is 5.82 Å². The van der Waals surface area contributed by atoms with Gasteiger partial charge in [-0.1, -0.05) is 29.8 Å². The predicted octanol–water partition coefficient (Wildman–Crippen LogP) is 2.84. The molecule has 120 valence electrons. The summed E-state index contributed by atoms with van der Waals surface area (Å²) in [4.78, 5) is 12.0. The van der Waals surface area contributed by atoms with Gasteiger partial charge in [0.2, 0.25) is 5.91 Å². The Labute approximate surface area is 139 Å². The second-order valence-electron chi connectivity index (χ2n) is 5.44. The molecule has 3 rings (SSSR count). The van der Waals surface area contributed by atoms with Crippen molar-refractivity contribution in [1.29, 1.82) is 0 Å². The van der Waals surface area contributed by atoms with E-state index in [1.807, 2.05) is 55.5 Å². The molecule has 0 spiro atoms. The summed E-state index contributed by atoms with van der Waals surface area (Å²) in [5, 5.41) is 14.2. The molecule has 1 heterocycles. The Bertz CT molecular complexity index is 863. The van der Waals surface area contributed by atoms with E-state index < -0.39 is 0 Å². The fourth-order valence-corrected chi connectivity index (χ4v) is 2.21. The van der Waals surface area contributed by atoms with Crippen LogP contribution in [0.4, 0.5) is 5.69 Å². The molecule has 0 radical (unpaired) electrons. The van der Waals surface area contributed by atoms with Gasteiger partial charge in [-0.25, -0.2) is 4.68 Å². The summed E-state index contributed by atoms with van der Waals surface area (Å²) in [6, 6.07) is 15.3. The normalized spacial score (nSPS) is 10.9. The molecule has 0 aliphatic carbocycles. The van der Waals surface area contributed by atoms with Gasteiger partial charge in [0.05, 0.1) is 0 Å². The van der Waals surface area contributed by atoms with Crippen LogP contribution in [0.15, 0.2) is 54.6 Å². The Morgan fingerprint density at radius 1 is 1.08 bits per heavy atom. The van der Waals surface area contributed by atoms with E-state index in [1.54, 1.807) is 17.8 Å². The number of rotatable bonds is 4. The van der Waals surface area contributed by atoms with E-state index in [4.69, 9.17) is 0 Å². The number of tetrazole rings is 1. The highest BCUT2D eigenvalue weighted by Crippen LogP contribution is 2.18. The number of carbonyl (C=O) groups excluding carboxylic acids is 1. The molecule has 0 saturated heterocycles. The summed E-state index contributed by atoms with van der Waals surface area (Å²) in [5.74, 6) is 0.496. The lowest BCUT2D eigenvalue weighted by Gasteiger charge is -2.04. The third kappa shape index (κ3) is 3.73. The molecule has 1 N–H and O–H groups in total. The molecular formula is C18H17N5O. The lowest BCUT2D eigenvalue weighted by atomic mass is 10.1. The summed E-state index contributed by atoms with van der Waals surface area (Å²) in [6.45, 7) is 2.03. The Hall–Kier alpha value is -3.28. The largest absolute Gasteiger partial charge is 0.323 e. The molecular weight excluding hydrogens is 302 g/mol. The number of amides is 1. The summed E-state index contributed by atoms with van der Waals surface area (Å²) >= 11 is 0. The molecule has 1 amide bonds. The Kier molecular flexibility index (Phi) is 4.47. The highest BCUT2D eigenvalue weighted by atomic mass is 16.1. The van der Waals surface area contributed by atoms with E-state index in [2.05, 4.69) is 20.8 Å². The zero-order valence-electron chi connectivity index (χ0n) is 13.5. The van der Waals surface area contributed by atoms with Crippen LogP contribution in [-0.4, -0.2) is 26.1 Å². The number of hydrogen-bond donors (Lipinski definition) is 1. The number of aromatic nitrogens is 4. The number of aryl methyl sites for hydroxylation is 2. The minimum Gasteiger partial charge on any atom is -0.323 e. The van der Waals surface area contributed by atoms with Crippen LogP contribution in [0.5, 0.6) is 0 Å². The quantitative estimate of drug-likeness (QED) is 0.751. The SMILES string of the molecule is Cc1ccc(/C=C/C(=O)Nc2ccc(-c3nnnn3C)cc2)cc1. The van der Waals surface area contributed by atoms with Crippen LogP contribution in [0.2, 0.25) is 0 Å². The highest BCUT2D eigenvalue weighted by Gasteiger charge is 2.05. The average molecular weight is 319 g/mol. The predicted molar refractivity (Wildman–Crippen MR) is 93.1 cm³/mol. The van der Waals surface area contributed by atoms with E-state index in [-0.39, 0.29) is 5.91 Å². The van der Waals surface area contributed by atoms with Gasteiger partial charge < -0.3 is 5.32 Å². The summed E-state index contributed by atoms with van der Waals surface area (Å²) in [6.07, 6.45) is 3.31. The Morgan fingerprint density at radius 3 is 2.42 bits per heavy atom. The Balaban J connectivity index is 1.64. The van der Waals surface area contributed by atoms with E-state index >= 15 is 0 Å². The lowest BCUT2D eigenvalue weighted by molar-refractivity contribution is -0.111. The van der Waals surface area contributed by atoms with Crippen LogP contribution >= 0.6 is 0 Å². The van der Waals surface area contributed by atoms with Crippen molar-refractivity contribution in [2.24, 2.45) is 7.05 Å². The summed E-state index contributed by atoms with van der Waals surface area (Å²) in [5.41, 5.74) is 3.78. The smallest absolute Gasteiger partial charge is 0.248 e. The fraction of sp³-hybridized carbons (Fsp3) is 0.111. The van der Waals surface area contributed by atoms with Gasteiger partial charge in [0, 0.05) is 24.4 Å². The minimum atomic E-state index is -0.177. The maximum atomic E-state index is 12.0. The van der Waals surface area contributed by atoms with Gasteiger partial charge >= 0.3 is 0 Å². The lowest BCUT2D eigenvalue weighted by Crippen LogP contribution is -2.07. The first-order valence-corrected chi connectivity index (χ1v) is 7.50. The van der Waals surface area contributed by atoms with Gasteiger partial charge in [0.25, 0.3) is 0 Å². The zero-order chi connectivity index (χ0) is 16.9. The number of nitrogens with one attached hydrogen (secondary N) is 1. The molecule has 0 bridgehead atoms. The topological polar surface area (TPSA) is 72.7 Å². The van der Waals surface area contributed by atoms with Crippen LogP contribution in [0.25, 0.3) is 17.5 Å². The molecule has 0 unspecified atom stereocenters. The average Bonchev–Trinajstić information content (AvgIpc) is 3.01. The molecule has 3 aromatic rings. The van der Waals surface area contributed by atoms with E-state index in [0.29, 0.717) is 11.5 Å². The number of anilines is 1. The van der Waals surface area contributed by atoms with Crippen LogP contribution in [0.1, 0.15) is 11.1 Å². The highest BCUT2D eigenvalue weighted by molar-refractivity contribution is 6.02. The van der Waals surface area contributed by atoms with Gasteiger partial charge in [-0.2, -0.15) is 0 Å². The van der Waals surface area contributed by atoms with E-state index in [1.165, 1.54) is 11.6 Å². The standard InChI is InChI=1S/C18H17N5O/c1-13-3-5-14(6-4-13)7-12-17(24)19-16-10-8-15(9-11-16)18-20-21-22-23(18)2/h3-12H,1-2H3,(H,19,24)/b12-7+. The number of hydrogen-bond acceptors (Lipinski definition) is 4. The third-order valence-electron chi connectivity index (χ3n) is 3.54. The molecule has 0 aliphatic rings. The minimum absolute atomic E-state index is 0.177. The second kappa shape index (κ2) is 6.87. The molecule has 1 aromatic heterocycles. The van der Waals surface area contributed by atoms with Gasteiger partial charge in [-0.3, -0.25) is 4.79 Å². The first kappa shape index (κ1) is 15.6. The molecule has 0 atom stereocenters. The van der Waals surface area contributed by atoms with Crippen molar-refractivity contribution in [2.75, 3.05) is 5.32 Å². The van der Waals surface area contributed by atoms with Gasteiger partial charge in [-0.15, -0.1) is 5.10 Å². The van der Waals surface area contributed by atoms with Crippen molar-refractivity contribution in [3.8, 4) is 11.4 Å². The number of nitrogens with zero attached hydrogens (tertiary/aromatic N) is 4. The molecule has 24 heavy (non-hydrogen) atoms. The fourth-order valence-electron chi connectivity index (χ4n) is 2.21. The van der Waals surface area contributed by atoms with Crippen LogP contribution in [0, 0.1) is 6.92 Å². The molecule has 6 heteroatoms. The molecule has 0 fully saturated rings. The van der Waals surface area contributed by atoms with Crippen molar-refractivity contribution in [1.82, 2.24) is 20.2 Å². The van der Waals surface area contributed by atoms with Crippen molar-refractivity contribution in [2.45, 2.75) is 6.92 Å². The van der Waals surface area contributed by atoms with Gasteiger partial charge in [-0.05, 0) is 53.3 Å². The maximum Gasteiger partial charge on any atom is 0.248 e. The van der Waals surface area contributed by atoms with Crippen LogP contribution in [-0.2, 0) is 11.8 Å². The number of carbonyl (C=O) groups is 1. The monoisotopic (exact) mass is 319 g/mol. The molecule has 0 saturated carbocycles. The van der Waals surface area contributed by atoms with E-state index in [9.17, 15) is 4.79 Å².